The first-order valence-electron chi connectivity index (χ1n) is 5.79. The summed E-state index contributed by atoms with van der Waals surface area (Å²) in [5.41, 5.74) is 0.157. The topological polar surface area (TPSA) is 72.8 Å². The van der Waals surface area contributed by atoms with Gasteiger partial charge in [0.15, 0.2) is 11.6 Å². The van der Waals surface area contributed by atoms with E-state index in [-0.39, 0.29) is 25.3 Å². The summed E-state index contributed by atoms with van der Waals surface area (Å²) in [6, 6.07) is 3.07. The molecule has 1 fully saturated rings. The van der Waals surface area contributed by atoms with Crippen LogP contribution >= 0.6 is 0 Å². The molecule has 0 aliphatic carbocycles. The Kier molecular flexibility index (Phi) is 4.08. The van der Waals surface area contributed by atoms with E-state index in [1.165, 1.54) is 6.07 Å². The van der Waals surface area contributed by atoms with Gasteiger partial charge in [0, 0.05) is 24.8 Å². The third-order valence-electron chi connectivity index (χ3n) is 2.91. The molecular weight excluding hydrogens is 258 g/mol. The van der Waals surface area contributed by atoms with E-state index in [0.717, 1.165) is 12.1 Å². The number of carbonyl (C=O) groups is 1. The van der Waals surface area contributed by atoms with Gasteiger partial charge in [-0.15, -0.1) is 0 Å². The van der Waals surface area contributed by atoms with Gasteiger partial charge in [0.05, 0.1) is 18.8 Å². The highest BCUT2D eigenvalue weighted by atomic mass is 19.2. The van der Waals surface area contributed by atoms with E-state index in [0.29, 0.717) is 0 Å². The lowest BCUT2D eigenvalue weighted by Gasteiger charge is -2.14. The quantitative estimate of drug-likeness (QED) is 0.721. The molecule has 0 spiro atoms. The summed E-state index contributed by atoms with van der Waals surface area (Å²) in [6.45, 7) is 0.367. The molecule has 1 aromatic rings. The van der Waals surface area contributed by atoms with Gasteiger partial charge >= 0.3 is 0 Å². The van der Waals surface area contributed by atoms with Crippen molar-refractivity contribution in [1.29, 1.82) is 0 Å². The lowest BCUT2D eigenvalue weighted by molar-refractivity contribution is -0.117. The number of aliphatic hydroxyl groups excluding tert-OH is 2. The summed E-state index contributed by atoms with van der Waals surface area (Å²) in [5.74, 6) is -2.44. The number of hydrogen-bond donors (Lipinski definition) is 3. The van der Waals surface area contributed by atoms with E-state index >= 15 is 0 Å². The molecule has 2 rings (SSSR count). The average Bonchev–Trinajstić information content (AvgIpc) is 2.63. The minimum Gasteiger partial charge on any atom is -0.389 e. The van der Waals surface area contributed by atoms with Crippen LogP contribution in [0.25, 0.3) is 0 Å². The van der Waals surface area contributed by atoms with Crippen molar-refractivity contribution in [1.82, 2.24) is 4.90 Å². The standard InChI is InChI=1S/C12H14F2N2O3/c13-8-2-1-7(3-9(8)14)15-12(19)6-16-4-10(17)11(18)5-16/h1-3,10-11,17-18H,4-6H2,(H,15,19). The first-order chi connectivity index (χ1) is 8.95. The van der Waals surface area contributed by atoms with Crippen molar-refractivity contribution >= 4 is 11.6 Å². The second-order valence-corrected chi connectivity index (χ2v) is 4.51. The van der Waals surface area contributed by atoms with Crippen LogP contribution in [0, 0.1) is 11.6 Å². The predicted octanol–water partition coefficient (Wildman–Crippen LogP) is -0.0593. The van der Waals surface area contributed by atoms with E-state index in [1.54, 1.807) is 4.90 Å². The van der Waals surface area contributed by atoms with Crippen molar-refractivity contribution in [3.63, 3.8) is 0 Å². The number of likely N-dealkylation sites (tertiary alicyclic amines) is 1. The number of aliphatic hydroxyl groups is 2. The molecule has 1 aromatic carbocycles. The molecule has 5 nitrogen and oxygen atoms in total. The maximum Gasteiger partial charge on any atom is 0.238 e. The zero-order chi connectivity index (χ0) is 14.0. The second-order valence-electron chi connectivity index (χ2n) is 4.51. The van der Waals surface area contributed by atoms with Gasteiger partial charge in [0.25, 0.3) is 0 Å². The Morgan fingerprint density at radius 1 is 1.26 bits per heavy atom. The summed E-state index contributed by atoms with van der Waals surface area (Å²) in [6.07, 6.45) is -1.73. The molecule has 19 heavy (non-hydrogen) atoms. The molecule has 0 aromatic heterocycles. The van der Waals surface area contributed by atoms with Gasteiger partial charge in [0.1, 0.15) is 0 Å². The molecule has 1 amide bonds. The summed E-state index contributed by atoms with van der Waals surface area (Å²) in [4.78, 5) is 13.2. The Balaban J connectivity index is 1.89. The Bertz CT molecular complexity index is 474. The fourth-order valence-electron chi connectivity index (χ4n) is 1.95. The molecule has 7 heteroatoms. The second kappa shape index (κ2) is 5.60. The molecule has 1 saturated heterocycles. The van der Waals surface area contributed by atoms with Gasteiger partial charge in [-0.05, 0) is 12.1 Å². The number of hydrogen-bond acceptors (Lipinski definition) is 4. The number of amides is 1. The molecule has 2 unspecified atom stereocenters. The Morgan fingerprint density at radius 3 is 2.47 bits per heavy atom. The SMILES string of the molecule is O=C(CN1CC(O)C(O)C1)Nc1ccc(F)c(F)c1. The van der Waals surface area contributed by atoms with E-state index in [2.05, 4.69) is 5.32 Å². The van der Waals surface area contributed by atoms with Crippen LogP contribution in [0.4, 0.5) is 14.5 Å². The fourth-order valence-corrected chi connectivity index (χ4v) is 1.95. The zero-order valence-corrected chi connectivity index (χ0v) is 10.0. The van der Waals surface area contributed by atoms with Gasteiger partial charge in [-0.2, -0.15) is 0 Å². The molecular formula is C12H14F2N2O3. The average molecular weight is 272 g/mol. The fraction of sp³-hybridized carbons (Fsp3) is 0.417. The van der Waals surface area contributed by atoms with Crippen LogP contribution in [0.3, 0.4) is 0 Å². The number of nitrogens with one attached hydrogen (secondary N) is 1. The number of rotatable bonds is 3. The van der Waals surface area contributed by atoms with Gasteiger partial charge in [-0.1, -0.05) is 0 Å². The summed E-state index contributed by atoms with van der Waals surface area (Å²) < 4.78 is 25.6. The van der Waals surface area contributed by atoms with Gasteiger partial charge < -0.3 is 15.5 Å². The Labute approximate surface area is 108 Å². The first kappa shape index (κ1) is 13.9. The highest BCUT2D eigenvalue weighted by Crippen LogP contribution is 2.14. The third-order valence-corrected chi connectivity index (χ3v) is 2.91. The zero-order valence-electron chi connectivity index (χ0n) is 10.0. The third kappa shape index (κ3) is 3.46. The van der Waals surface area contributed by atoms with Crippen LogP contribution in [0.2, 0.25) is 0 Å². The first-order valence-corrected chi connectivity index (χ1v) is 5.79. The van der Waals surface area contributed by atoms with Crippen LogP contribution in [-0.4, -0.2) is 52.9 Å². The summed E-state index contributed by atoms with van der Waals surface area (Å²) in [5, 5.41) is 21.1. The molecule has 0 saturated carbocycles. The van der Waals surface area contributed by atoms with Crippen molar-refractivity contribution in [3.8, 4) is 0 Å². The largest absolute Gasteiger partial charge is 0.389 e. The van der Waals surface area contributed by atoms with Crippen LogP contribution in [-0.2, 0) is 4.79 Å². The van der Waals surface area contributed by atoms with E-state index in [9.17, 15) is 23.8 Å². The molecule has 1 aliphatic rings. The van der Waals surface area contributed by atoms with Crippen molar-refractivity contribution in [3.05, 3.63) is 29.8 Å². The molecule has 0 bridgehead atoms. The normalized spacial score (nSPS) is 23.6. The van der Waals surface area contributed by atoms with E-state index < -0.39 is 29.7 Å². The Morgan fingerprint density at radius 2 is 1.89 bits per heavy atom. The van der Waals surface area contributed by atoms with Crippen LogP contribution in [0.1, 0.15) is 0 Å². The van der Waals surface area contributed by atoms with Crippen LogP contribution in [0.5, 0.6) is 0 Å². The van der Waals surface area contributed by atoms with Crippen molar-refractivity contribution in [2.75, 3.05) is 25.0 Å². The number of nitrogens with zero attached hydrogens (tertiary/aromatic N) is 1. The molecule has 0 radical (unpaired) electrons. The Hall–Kier alpha value is -1.57. The predicted molar refractivity (Wildman–Crippen MR) is 63.4 cm³/mol. The number of carbonyl (C=O) groups excluding carboxylic acids is 1. The smallest absolute Gasteiger partial charge is 0.238 e. The molecule has 104 valence electrons. The maximum atomic E-state index is 12.9. The molecule has 3 N–H and O–H groups in total. The highest BCUT2D eigenvalue weighted by molar-refractivity contribution is 5.92. The summed E-state index contributed by atoms with van der Waals surface area (Å²) >= 11 is 0. The van der Waals surface area contributed by atoms with Crippen molar-refractivity contribution in [2.24, 2.45) is 0 Å². The monoisotopic (exact) mass is 272 g/mol. The lowest BCUT2D eigenvalue weighted by Crippen LogP contribution is -2.32. The minimum atomic E-state index is -1.04. The van der Waals surface area contributed by atoms with Gasteiger partial charge in [0.2, 0.25) is 5.91 Å². The number of benzene rings is 1. The molecule has 2 atom stereocenters. The molecule has 1 aliphatic heterocycles. The van der Waals surface area contributed by atoms with Crippen LogP contribution in [0.15, 0.2) is 18.2 Å². The van der Waals surface area contributed by atoms with Crippen molar-refractivity contribution < 1.29 is 23.8 Å². The van der Waals surface area contributed by atoms with Gasteiger partial charge in [-0.3, -0.25) is 9.69 Å². The number of anilines is 1. The highest BCUT2D eigenvalue weighted by Gasteiger charge is 2.30. The number of halogens is 2. The number of β-amino-alcohol motifs (C(OH)–C–C–N with tert-alkyl or cyclic N) is 2. The van der Waals surface area contributed by atoms with Crippen molar-refractivity contribution in [2.45, 2.75) is 12.2 Å². The minimum absolute atomic E-state index is 0.0346. The van der Waals surface area contributed by atoms with Crippen LogP contribution < -0.4 is 5.32 Å². The van der Waals surface area contributed by atoms with E-state index in [4.69, 9.17) is 0 Å². The molecule has 1 heterocycles. The summed E-state index contributed by atoms with van der Waals surface area (Å²) in [7, 11) is 0. The maximum absolute atomic E-state index is 12.9. The van der Waals surface area contributed by atoms with Gasteiger partial charge in [-0.25, -0.2) is 8.78 Å². The van der Waals surface area contributed by atoms with E-state index in [1.807, 2.05) is 0 Å². The lowest BCUT2D eigenvalue weighted by atomic mass is 10.3.